The van der Waals surface area contributed by atoms with Crippen LogP contribution in [-0.4, -0.2) is 37.0 Å². The first kappa shape index (κ1) is 13.3. The van der Waals surface area contributed by atoms with Crippen LogP contribution in [0.3, 0.4) is 0 Å². The number of nitrogens with zero attached hydrogens (tertiary/aromatic N) is 1. The fraction of sp³-hybridized carbons (Fsp3) is 0.500. The lowest BCUT2D eigenvalue weighted by Gasteiger charge is -2.18. The van der Waals surface area contributed by atoms with Gasteiger partial charge in [-0.3, -0.25) is 0 Å². The largest absolute Gasteiger partial charge is 0.398 e. The lowest BCUT2D eigenvalue weighted by Crippen LogP contribution is -2.30. The quantitative estimate of drug-likeness (QED) is 0.773. The highest BCUT2D eigenvalue weighted by Crippen LogP contribution is 2.27. The lowest BCUT2D eigenvalue weighted by molar-refractivity contribution is 0.189. The van der Waals surface area contributed by atoms with E-state index in [4.69, 9.17) is 5.73 Å². The molecule has 1 aromatic carbocycles. The van der Waals surface area contributed by atoms with E-state index in [-0.39, 0.29) is 11.4 Å². The summed E-state index contributed by atoms with van der Waals surface area (Å²) in [6.07, 6.45) is -0.0817. The summed E-state index contributed by atoms with van der Waals surface area (Å²) in [5, 5.41) is 9.46. The van der Waals surface area contributed by atoms with Crippen LogP contribution in [-0.2, 0) is 10.0 Å². The third kappa shape index (κ3) is 2.23. The predicted octanol–water partition coefficient (Wildman–Crippen LogP) is 0.641. The van der Waals surface area contributed by atoms with Crippen molar-refractivity contribution in [3.63, 3.8) is 0 Å². The minimum atomic E-state index is -3.55. The molecule has 1 atom stereocenters. The molecule has 1 aliphatic rings. The van der Waals surface area contributed by atoms with Gasteiger partial charge in [0.25, 0.3) is 0 Å². The third-order valence-corrected chi connectivity index (χ3v) is 5.28. The summed E-state index contributed by atoms with van der Waals surface area (Å²) in [7, 11) is -3.55. The number of aliphatic hydroxyl groups excluding tert-OH is 1. The first-order valence-electron chi connectivity index (χ1n) is 5.87. The van der Waals surface area contributed by atoms with E-state index in [0.717, 1.165) is 5.56 Å². The van der Waals surface area contributed by atoms with Crippen molar-refractivity contribution in [3.8, 4) is 0 Å². The maximum atomic E-state index is 12.5. The number of β-amino-alcohol motifs (C(OH)–C–C–N with tert-alkyl or cyclic N) is 1. The van der Waals surface area contributed by atoms with Crippen molar-refractivity contribution in [2.75, 3.05) is 18.8 Å². The Hall–Kier alpha value is -1.11. The highest BCUT2D eigenvalue weighted by molar-refractivity contribution is 7.89. The van der Waals surface area contributed by atoms with Crippen LogP contribution in [0.5, 0.6) is 0 Å². The summed E-state index contributed by atoms with van der Waals surface area (Å²) in [6.45, 7) is 4.04. The van der Waals surface area contributed by atoms with Crippen molar-refractivity contribution in [3.05, 3.63) is 23.3 Å². The molecule has 0 bridgehead atoms. The van der Waals surface area contributed by atoms with Crippen molar-refractivity contribution in [1.82, 2.24) is 4.31 Å². The molecule has 3 N–H and O–H groups in total. The Labute approximate surface area is 107 Å². The number of hydrogen-bond acceptors (Lipinski definition) is 4. The molecule has 0 unspecified atom stereocenters. The average molecular weight is 270 g/mol. The fourth-order valence-electron chi connectivity index (χ4n) is 2.19. The van der Waals surface area contributed by atoms with E-state index in [1.54, 1.807) is 19.1 Å². The summed E-state index contributed by atoms with van der Waals surface area (Å²) in [4.78, 5) is 0.245. The van der Waals surface area contributed by atoms with Crippen LogP contribution in [0.15, 0.2) is 17.0 Å². The van der Waals surface area contributed by atoms with Gasteiger partial charge >= 0.3 is 0 Å². The van der Waals surface area contributed by atoms with E-state index in [2.05, 4.69) is 0 Å². The van der Waals surface area contributed by atoms with Gasteiger partial charge in [-0.2, -0.15) is 4.31 Å². The third-order valence-electron chi connectivity index (χ3n) is 3.29. The van der Waals surface area contributed by atoms with Gasteiger partial charge in [0.15, 0.2) is 0 Å². The maximum Gasteiger partial charge on any atom is 0.243 e. The van der Waals surface area contributed by atoms with Crippen LogP contribution >= 0.6 is 0 Å². The SMILES string of the molecule is Cc1cc(N)c(C)c(S(=O)(=O)N2CC[C@@H](O)C2)c1. The van der Waals surface area contributed by atoms with Crippen molar-refractivity contribution in [2.24, 2.45) is 0 Å². The normalized spacial score (nSPS) is 21.4. The molecule has 18 heavy (non-hydrogen) atoms. The molecular formula is C12H18N2O3S. The Morgan fingerprint density at radius 1 is 1.39 bits per heavy atom. The van der Waals surface area contributed by atoms with E-state index in [1.807, 2.05) is 6.92 Å². The Morgan fingerprint density at radius 2 is 2.06 bits per heavy atom. The standard InChI is InChI=1S/C12H18N2O3S/c1-8-5-11(13)9(2)12(6-8)18(16,17)14-4-3-10(15)7-14/h5-6,10,15H,3-4,7,13H2,1-2H3/t10-/m1/s1. The molecule has 1 heterocycles. The number of hydrogen-bond donors (Lipinski definition) is 2. The molecule has 0 amide bonds. The second-order valence-corrected chi connectivity index (χ2v) is 6.69. The number of benzene rings is 1. The average Bonchev–Trinajstić information content (AvgIpc) is 2.70. The molecule has 1 saturated heterocycles. The summed E-state index contributed by atoms with van der Waals surface area (Å²) in [6, 6.07) is 3.39. The molecule has 1 fully saturated rings. The van der Waals surface area contributed by atoms with E-state index in [0.29, 0.717) is 24.2 Å². The maximum absolute atomic E-state index is 12.5. The summed E-state index contributed by atoms with van der Waals surface area (Å²) in [5.41, 5.74) is 7.68. The first-order chi connectivity index (χ1) is 8.32. The number of aryl methyl sites for hydroxylation is 1. The van der Waals surface area contributed by atoms with Crippen molar-refractivity contribution >= 4 is 15.7 Å². The second-order valence-electron chi connectivity index (χ2n) is 4.78. The second kappa shape index (κ2) is 4.53. The van der Waals surface area contributed by atoms with E-state index in [9.17, 15) is 13.5 Å². The number of nitrogen functional groups attached to an aromatic ring is 1. The zero-order chi connectivity index (χ0) is 13.5. The topological polar surface area (TPSA) is 83.6 Å². The molecular weight excluding hydrogens is 252 g/mol. The minimum Gasteiger partial charge on any atom is -0.398 e. The Bertz CT molecular complexity index is 569. The first-order valence-corrected chi connectivity index (χ1v) is 7.31. The summed E-state index contributed by atoms with van der Waals surface area (Å²) in [5.74, 6) is 0. The highest BCUT2D eigenvalue weighted by atomic mass is 32.2. The van der Waals surface area contributed by atoms with Crippen LogP contribution < -0.4 is 5.73 Å². The molecule has 1 aromatic rings. The zero-order valence-corrected chi connectivity index (χ0v) is 11.4. The number of aliphatic hydroxyl groups is 1. The molecule has 6 heteroatoms. The molecule has 1 aliphatic heterocycles. The van der Waals surface area contributed by atoms with Crippen LogP contribution in [0, 0.1) is 13.8 Å². The Kier molecular flexibility index (Phi) is 3.35. The van der Waals surface area contributed by atoms with Gasteiger partial charge in [0.2, 0.25) is 10.0 Å². The monoisotopic (exact) mass is 270 g/mol. The number of rotatable bonds is 2. The van der Waals surface area contributed by atoms with Crippen LogP contribution in [0.2, 0.25) is 0 Å². The van der Waals surface area contributed by atoms with Gasteiger partial charge < -0.3 is 10.8 Å². The molecule has 2 rings (SSSR count). The van der Waals surface area contributed by atoms with Gasteiger partial charge in [0.05, 0.1) is 11.0 Å². The molecule has 0 aliphatic carbocycles. The van der Waals surface area contributed by atoms with Gasteiger partial charge in [-0.05, 0) is 43.5 Å². The van der Waals surface area contributed by atoms with Gasteiger partial charge in [0.1, 0.15) is 0 Å². The van der Waals surface area contributed by atoms with Crippen LogP contribution in [0.4, 0.5) is 5.69 Å². The number of sulfonamides is 1. The van der Waals surface area contributed by atoms with E-state index < -0.39 is 16.1 Å². The highest BCUT2D eigenvalue weighted by Gasteiger charge is 2.32. The van der Waals surface area contributed by atoms with Crippen molar-refractivity contribution < 1.29 is 13.5 Å². The fourth-order valence-corrected chi connectivity index (χ4v) is 4.02. The molecule has 5 nitrogen and oxygen atoms in total. The van der Waals surface area contributed by atoms with Crippen molar-refractivity contribution in [1.29, 1.82) is 0 Å². The smallest absolute Gasteiger partial charge is 0.243 e. The van der Waals surface area contributed by atoms with Gasteiger partial charge in [-0.1, -0.05) is 0 Å². The zero-order valence-electron chi connectivity index (χ0n) is 10.5. The van der Waals surface area contributed by atoms with Gasteiger partial charge in [-0.25, -0.2) is 8.42 Å². The minimum absolute atomic E-state index is 0.162. The van der Waals surface area contributed by atoms with Crippen molar-refractivity contribution in [2.45, 2.75) is 31.3 Å². The van der Waals surface area contributed by atoms with Crippen LogP contribution in [0.25, 0.3) is 0 Å². The van der Waals surface area contributed by atoms with Gasteiger partial charge in [0, 0.05) is 18.8 Å². The molecule has 0 spiro atoms. The number of nitrogens with two attached hydrogens (primary N) is 1. The molecule has 0 radical (unpaired) electrons. The Morgan fingerprint density at radius 3 is 2.61 bits per heavy atom. The van der Waals surface area contributed by atoms with Gasteiger partial charge in [-0.15, -0.1) is 0 Å². The van der Waals surface area contributed by atoms with E-state index in [1.165, 1.54) is 4.31 Å². The van der Waals surface area contributed by atoms with Crippen LogP contribution in [0.1, 0.15) is 17.5 Å². The Balaban J connectivity index is 2.48. The molecule has 0 saturated carbocycles. The summed E-state index contributed by atoms with van der Waals surface area (Å²) >= 11 is 0. The molecule has 0 aromatic heterocycles. The van der Waals surface area contributed by atoms with E-state index >= 15 is 0 Å². The summed E-state index contributed by atoms with van der Waals surface area (Å²) < 4.78 is 26.2. The predicted molar refractivity (Wildman–Crippen MR) is 69.7 cm³/mol. The number of anilines is 1. The lowest BCUT2D eigenvalue weighted by atomic mass is 10.1. The molecule has 100 valence electrons.